The minimum Gasteiger partial charge on any atom is 4.00 e. The molecule has 0 aromatic rings. The van der Waals surface area contributed by atoms with E-state index in [0.717, 1.165) is 0 Å². The van der Waals surface area contributed by atoms with Gasteiger partial charge in [-0.15, -0.1) is 0 Å². The smallest absolute Gasteiger partial charge is 4.00 e. The maximum atomic E-state index is 8.52. The van der Waals surface area contributed by atoms with Crippen LogP contribution < -0.4 is 14.5 Å². The predicted molar refractivity (Wildman–Crippen MR) is 2.75 cm³/mol. The summed E-state index contributed by atoms with van der Waals surface area (Å²) in [5.74, 6) is 0. The fourth-order valence-corrected chi connectivity index (χ4v) is 0. The summed E-state index contributed by atoms with van der Waals surface area (Å²) in [4.78, 5) is 0. The van der Waals surface area contributed by atoms with Crippen LogP contribution in [0, 0.1) is 0 Å². The Morgan fingerprint density at radius 1 is 0.538 bits per heavy atom. The van der Waals surface area contributed by atoms with Crippen LogP contribution in [0.15, 0.2) is 0 Å². The molecule has 0 N–H and O–H groups in total. The maximum Gasteiger partial charge on any atom is 4.00 e. The van der Waals surface area contributed by atoms with Gasteiger partial charge >= 0.3 is 130 Å². The molecule has 0 unspecified atom stereocenters. The monoisotopic (exact) mass is 548 g/mol. The molecule has 0 aromatic carbocycles. The van der Waals surface area contributed by atoms with E-state index in [2.05, 4.69) is 0 Å². The number of hydrogen-bond donors (Lipinski definition) is 0. The van der Waals surface area contributed by atoms with E-state index in [4.69, 9.17) is 27.5 Å². The van der Waals surface area contributed by atoms with Gasteiger partial charge in [-0.2, -0.15) is 0 Å². The van der Waals surface area contributed by atoms with Gasteiger partial charge in [-0.1, -0.05) is 0 Å². The Kier molecular flexibility index (Phi) is 140. The van der Waals surface area contributed by atoms with E-state index in [-0.39, 0.29) is 21.7 Å². The molecule has 0 aliphatic rings. The molecule has 0 spiro atoms. The summed E-state index contributed by atoms with van der Waals surface area (Å²) >= 11 is -8.60. The first-order chi connectivity index (χ1) is 5.66. The first kappa shape index (κ1) is 29.6. The van der Waals surface area contributed by atoms with Crippen LogP contribution in [-0.2, 0) is 115 Å². The van der Waals surface area contributed by atoms with Gasteiger partial charge in [0.1, 0.15) is 0 Å². The van der Waals surface area contributed by atoms with Gasteiger partial charge in [-0.05, 0) is 0 Å². The molecule has 0 fully saturated rings. The van der Waals surface area contributed by atoms with Gasteiger partial charge in [-0.3, -0.25) is 0 Å². The fraction of sp³-hybridized carbons (Fsp3) is 0. The van der Waals surface area contributed by atoms with Gasteiger partial charge in [0.05, 0.1) is 0 Å². The quantitative estimate of drug-likeness (QED) is 0.272. The minimum absolute atomic E-state index is 0. The Morgan fingerprint density at radius 3 is 0.538 bits per heavy atom. The van der Waals surface area contributed by atoms with Gasteiger partial charge in [0.15, 0.2) is 0 Å². The van der Waals surface area contributed by atoms with Gasteiger partial charge in [-0.25, -0.2) is 0 Å². The van der Waals surface area contributed by atoms with Crippen LogP contribution in [0.25, 0.3) is 0 Å². The predicted octanol–water partition coefficient (Wildman–Crippen LogP) is -5.24. The van der Waals surface area contributed by atoms with E-state index in [0.29, 0.717) is 0 Å². The summed E-state index contributed by atoms with van der Waals surface area (Å²) in [6, 6.07) is 0. The van der Waals surface area contributed by atoms with Crippen LogP contribution in [0.1, 0.15) is 0 Å². The van der Waals surface area contributed by atoms with Crippen molar-refractivity contribution >= 4 is 0 Å². The molecule has 72 valence electrons. The third kappa shape index (κ3) is 323. The SMILES string of the molecule is [O]=[Nb][O-].[O]=[Nb][O-].[O]=[Nb][O-].[O]=[Nb][O-].[Ti+4]. The number of rotatable bonds is 0. The Labute approximate surface area is 127 Å². The summed E-state index contributed by atoms with van der Waals surface area (Å²) < 4.78 is 68.2. The summed E-state index contributed by atoms with van der Waals surface area (Å²) in [7, 11) is 0. The molecular weight excluding hydrogens is 547 g/mol. The first-order valence-electron chi connectivity index (χ1n) is 1.46. The molecule has 0 rings (SSSR count). The molecule has 0 aromatic heterocycles. The van der Waals surface area contributed by atoms with Crippen molar-refractivity contribution in [1.29, 1.82) is 0 Å². The summed E-state index contributed by atoms with van der Waals surface area (Å²) in [5.41, 5.74) is 0. The molecule has 0 heterocycles. The van der Waals surface area contributed by atoms with E-state index in [1.807, 2.05) is 0 Å². The maximum absolute atomic E-state index is 8.52. The molecule has 13 heteroatoms. The van der Waals surface area contributed by atoms with Gasteiger partial charge in [0.2, 0.25) is 0 Å². The van der Waals surface area contributed by atoms with E-state index >= 15 is 0 Å². The van der Waals surface area contributed by atoms with Gasteiger partial charge in [0, 0.05) is 0 Å². The van der Waals surface area contributed by atoms with Crippen LogP contribution in [0.2, 0.25) is 0 Å². The standard InChI is InChI=1S/4Nb.8O.Ti/q;;;;;;;;4*-1;+4. The van der Waals surface area contributed by atoms with E-state index in [1.165, 1.54) is 0 Å². The van der Waals surface area contributed by atoms with Crippen molar-refractivity contribution in [3.8, 4) is 0 Å². The average Bonchev–Trinajstić information content (AvgIpc) is 1.92. The van der Waals surface area contributed by atoms with Crippen LogP contribution in [0.4, 0.5) is 0 Å². The molecule has 0 aliphatic heterocycles. The zero-order chi connectivity index (χ0) is 10.8. The van der Waals surface area contributed by atoms with Crippen molar-refractivity contribution in [2.45, 2.75) is 0 Å². The van der Waals surface area contributed by atoms with Crippen molar-refractivity contribution in [3.05, 3.63) is 0 Å². The van der Waals surface area contributed by atoms with Crippen LogP contribution >= 0.6 is 0 Å². The Morgan fingerprint density at radius 2 is 0.538 bits per heavy atom. The Balaban J connectivity index is -0.0000000213. The summed E-state index contributed by atoms with van der Waals surface area (Å²) in [6.07, 6.45) is 0. The van der Waals surface area contributed by atoms with Crippen LogP contribution in [-0.4, -0.2) is 0 Å². The second-order valence-electron chi connectivity index (χ2n) is 0.298. The zero-order valence-electron chi connectivity index (χ0n) is 5.55. The van der Waals surface area contributed by atoms with E-state index < -0.39 is 80.5 Å². The molecule has 0 atom stereocenters. The van der Waals surface area contributed by atoms with E-state index in [1.54, 1.807) is 0 Å². The topological polar surface area (TPSA) is 161 Å². The molecular formula is Nb4O8Ti. The summed E-state index contributed by atoms with van der Waals surface area (Å²) in [5, 5.41) is 0. The molecule has 13 heavy (non-hydrogen) atoms. The largest absolute Gasteiger partial charge is 4.00 e. The minimum atomic E-state index is -2.15. The third-order valence-electron chi connectivity index (χ3n) is 0. The number of hydrogen-bond acceptors (Lipinski definition) is 8. The van der Waals surface area contributed by atoms with Gasteiger partial charge in [0.25, 0.3) is 0 Å². The van der Waals surface area contributed by atoms with Crippen molar-refractivity contribution in [2.75, 3.05) is 0 Å². The third-order valence-corrected chi connectivity index (χ3v) is 0. The van der Waals surface area contributed by atoms with Crippen LogP contribution in [0.3, 0.4) is 0 Å². The fourth-order valence-electron chi connectivity index (χ4n) is 0. The molecule has 0 aliphatic carbocycles. The van der Waals surface area contributed by atoms with Crippen molar-refractivity contribution in [3.63, 3.8) is 0 Å². The molecule has 0 bridgehead atoms. The van der Waals surface area contributed by atoms with Crippen molar-refractivity contribution in [2.24, 2.45) is 0 Å². The van der Waals surface area contributed by atoms with Gasteiger partial charge < -0.3 is 0 Å². The average molecular weight is 547 g/mol. The van der Waals surface area contributed by atoms with Crippen LogP contribution in [0.5, 0.6) is 0 Å². The normalized spacial score (nSPS) is 4.00. The second-order valence-corrected chi connectivity index (χ2v) is 1.76. The Hall–Kier alpha value is 2.72. The summed E-state index contributed by atoms with van der Waals surface area (Å²) in [6.45, 7) is 0. The Bertz CT molecular complexity index is 70.1. The first-order valence-corrected chi connectivity index (χ1v) is 8.64. The van der Waals surface area contributed by atoms with E-state index in [9.17, 15) is 0 Å². The molecule has 8 nitrogen and oxygen atoms in total. The molecule has 0 radical (unpaired) electrons. The zero-order valence-corrected chi connectivity index (χ0v) is 15.9. The van der Waals surface area contributed by atoms with Crippen molar-refractivity contribution in [1.82, 2.24) is 0 Å². The molecule has 0 saturated carbocycles. The molecule has 0 amide bonds. The second kappa shape index (κ2) is 61.4. The molecule has 0 saturated heterocycles. The van der Waals surface area contributed by atoms with Crippen molar-refractivity contribution < 1.29 is 130 Å².